The quantitative estimate of drug-likeness (QED) is 0.424. The van der Waals surface area contributed by atoms with Crippen LogP contribution >= 0.6 is 24.8 Å². The lowest BCUT2D eigenvalue weighted by Crippen LogP contribution is -2.46. The van der Waals surface area contributed by atoms with Gasteiger partial charge in [0.15, 0.2) is 0 Å². The SMILES string of the molecule is C[C@@H](N[C@H]1CCCN(c2cccc(OC(F)(F)F)c2)C1)c1cccc2ccccc12.Cl.Cl. The molecule has 1 N–H and O–H groups in total. The fourth-order valence-corrected chi connectivity index (χ4v) is 4.30. The van der Waals surface area contributed by atoms with Gasteiger partial charge in [-0.1, -0.05) is 48.5 Å². The van der Waals surface area contributed by atoms with Crippen molar-refractivity contribution in [2.75, 3.05) is 18.0 Å². The number of ether oxygens (including phenoxy) is 1. The van der Waals surface area contributed by atoms with Crippen molar-refractivity contribution in [1.82, 2.24) is 5.32 Å². The number of anilines is 1. The van der Waals surface area contributed by atoms with E-state index in [4.69, 9.17) is 0 Å². The van der Waals surface area contributed by atoms with Crippen LogP contribution in [0.1, 0.15) is 31.4 Å². The Balaban J connectivity index is 0.00000181. The number of hydrogen-bond donors (Lipinski definition) is 1. The zero-order valence-electron chi connectivity index (χ0n) is 17.6. The van der Waals surface area contributed by atoms with Crippen LogP contribution in [0.4, 0.5) is 18.9 Å². The molecule has 0 radical (unpaired) electrons. The maximum absolute atomic E-state index is 12.5. The monoisotopic (exact) mass is 486 g/mol. The smallest absolute Gasteiger partial charge is 0.406 e. The zero-order chi connectivity index (χ0) is 21.1. The molecule has 0 spiro atoms. The molecule has 2 atom stereocenters. The van der Waals surface area contributed by atoms with E-state index in [1.165, 1.54) is 28.5 Å². The Hall–Kier alpha value is -2.15. The summed E-state index contributed by atoms with van der Waals surface area (Å²) >= 11 is 0. The Morgan fingerprint density at radius 2 is 1.72 bits per heavy atom. The number of fused-ring (bicyclic) bond motifs is 1. The fourth-order valence-electron chi connectivity index (χ4n) is 4.30. The van der Waals surface area contributed by atoms with Gasteiger partial charge in [-0.25, -0.2) is 0 Å². The minimum Gasteiger partial charge on any atom is -0.406 e. The second kappa shape index (κ2) is 11.1. The lowest BCUT2D eigenvalue weighted by Gasteiger charge is -2.36. The van der Waals surface area contributed by atoms with Crippen LogP contribution in [0.3, 0.4) is 0 Å². The summed E-state index contributed by atoms with van der Waals surface area (Å²) in [4.78, 5) is 2.13. The Kier molecular flexibility index (Phi) is 9.08. The van der Waals surface area contributed by atoms with Crippen molar-refractivity contribution in [1.29, 1.82) is 0 Å². The summed E-state index contributed by atoms with van der Waals surface area (Å²) in [6.45, 7) is 3.72. The summed E-state index contributed by atoms with van der Waals surface area (Å²) in [7, 11) is 0. The molecule has 8 heteroatoms. The molecule has 0 aromatic heterocycles. The normalized spacial score (nSPS) is 17.2. The van der Waals surface area contributed by atoms with E-state index < -0.39 is 6.36 Å². The molecule has 3 aromatic rings. The van der Waals surface area contributed by atoms with E-state index in [1.54, 1.807) is 6.07 Å². The molecule has 174 valence electrons. The molecule has 3 nitrogen and oxygen atoms in total. The summed E-state index contributed by atoms with van der Waals surface area (Å²) < 4.78 is 41.7. The van der Waals surface area contributed by atoms with Crippen LogP contribution in [0.25, 0.3) is 10.8 Å². The maximum Gasteiger partial charge on any atom is 0.573 e. The van der Waals surface area contributed by atoms with E-state index in [1.807, 2.05) is 12.1 Å². The lowest BCUT2D eigenvalue weighted by atomic mass is 9.97. The predicted molar refractivity (Wildman–Crippen MR) is 128 cm³/mol. The van der Waals surface area contributed by atoms with Gasteiger partial charge in [0, 0.05) is 36.9 Å². The van der Waals surface area contributed by atoms with Crippen LogP contribution in [0.15, 0.2) is 66.7 Å². The number of piperidine rings is 1. The number of hydrogen-bond acceptors (Lipinski definition) is 3. The first-order valence-electron chi connectivity index (χ1n) is 10.2. The molecule has 1 aliphatic rings. The average molecular weight is 487 g/mol. The molecular formula is C24H27Cl2F3N2O. The molecule has 1 aliphatic heterocycles. The van der Waals surface area contributed by atoms with Crippen molar-refractivity contribution in [3.8, 4) is 5.75 Å². The summed E-state index contributed by atoms with van der Waals surface area (Å²) in [5, 5.41) is 6.19. The molecule has 0 amide bonds. The van der Waals surface area contributed by atoms with Gasteiger partial charge >= 0.3 is 6.36 Å². The fraction of sp³-hybridized carbons (Fsp3) is 0.333. The molecule has 0 bridgehead atoms. The predicted octanol–water partition coefficient (Wildman–Crippen LogP) is 6.90. The van der Waals surface area contributed by atoms with Gasteiger partial charge in [-0.15, -0.1) is 38.0 Å². The number of rotatable bonds is 5. The van der Waals surface area contributed by atoms with Crippen molar-refractivity contribution in [2.45, 2.75) is 38.2 Å². The lowest BCUT2D eigenvalue weighted by molar-refractivity contribution is -0.274. The second-order valence-corrected chi connectivity index (χ2v) is 7.79. The number of halogens is 5. The van der Waals surface area contributed by atoms with Crippen LogP contribution in [0.5, 0.6) is 5.75 Å². The topological polar surface area (TPSA) is 24.5 Å². The van der Waals surface area contributed by atoms with Gasteiger partial charge < -0.3 is 15.0 Å². The standard InChI is InChI=1S/C24H25F3N2O.2ClH/c1-17(22-13-4-8-18-7-2-3-12-23(18)22)28-19-9-6-14-29(16-19)20-10-5-11-21(15-20)30-24(25,26)27;;/h2-5,7-8,10-13,15,17,19,28H,6,9,14,16H2,1H3;2*1H/t17-,19+;;/m1../s1. The highest BCUT2D eigenvalue weighted by molar-refractivity contribution is 5.86. The van der Waals surface area contributed by atoms with Crippen molar-refractivity contribution in [2.24, 2.45) is 0 Å². The first-order chi connectivity index (χ1) is 14.4. The number of nitrogens with zero attached hydrogens (tertiary/aromatic N) is 1. The Labute approximate surface area is 198 Å². The van der Waals surface area contributed by atoms with Gasteiger partial charge in [0.1, 0.15) is 5.75 Å². The van der Waals surface area contributed by atoms with Crippen LogP contribution in [-0.2, 0) is 0 Å². The van der Waals surface area contributed by atoms with Crippen LogP contribution in [-0.4, -0.2) is 25.5 Å². The molecule has 4 rings (SSSR count). The van der Waals surface area contributed by atoms with E-state index in [0.717, 1.165) is 31.6 Å². The molecule has 0 aliphatic carbocycles. The molecule has 32 heavy (non-hydrogen) atoms. The van der Waals surface area contributed by atoms with Crippen LogP contribution in [0.2, 0.25) is 0 Å². The molecule has 0 unspecified atom stereocenters. The van der Waals surface area contributed by atoms with E-state index in [9.17, 15) is 13.2 Å². The maximum atomic E-state index is 12.5. The zero-order valence-corrected chi connectivity index (χ0v) is 19.3. The number of benzene rings is 3. The Morgan fingerprint density at radius 1 is 1.00 bits per heavy atom. The van der Waals surface area contributed by atoms with Crippen molar-refractivity contribution < 1.29 is 17.9 Å². The Bertz CT molecular complexity index is 1010. The number of nitrogens with one attached hydrogen (secondary N) is 1. The summed E-state index contributed by atoms with van der Waals surface area (Å²) in [6.07, 6.45) is -2.67. The highest BCUT2D eigenvalue weighted by Gasteiger charge is 2.31. The summed E-state index contributed by atoms with van der Waals surface area (Å²) in [5.41, 5.74) is 2.01. The van der Waals surface area contributed by atoms with Gasteiger partial charge in [0.25, 0.3) is 0 Å². The third-order valence-corrected chi connectivity index (χ3v) is 5.61. The third kappa shape index (κ3) is 6.44. The summed E-state index contributed by atoms with van der Waals surface area (Å²) in [6, 6.07) is 21.3. The van der Waals surface area contributed by atoms with Gasteiger partial charge in [0.2, 0.25) is 0 Å². The first kappa shape index (κ1) is 26.1. The third-order valence-electron chi connectivity index (χ3n) is 5.61. The average Bonchev–Trinajstić information content (AvgIpc) is 2.72. The summed E-state index contributed by atoms with van der Waals surface area (Å²) in [5.74, 6) is -0.181. The van der Waals surface area contributed by atoms with Crippen molar-refractivity contribution >= 4 is 41.3 Å². The minimum absolute atomic E-state index is 0. The van der Waals surface area contributed by atoms with Crippen molar-refractivity contribution in [3.05, 3.63) is 72.3 Å². The minimum atomic E-state index is -4.68. The van der Waals surface area contributed by atoms with Crippen LogP contribution in [0, 0.1) is 0 Å². The molecule has 0 saturated carbocycles. The second-order valence-electron chi connectivity index (χ2n) is 7.79. The molecule has 3 aromatic carbocycles. The van der Waals surface area contributed by atoms with Gasteiger partial charge in [0.05, 0.1) is 0 Å². The van der Waals surface area contributed by atoms with E-state index in [2.05, 4.69) is 58.3 Å². The largest absolute Gasteiger partial charge is 0.573 e. The molecule has 1 heterocycles. The van der Waals surface area contributed by atoms with Gasteiger partial charge in [-0.3, -0.25) is 0 Å². The van der Waals surface area contributed by atoms with Crippen molar-refractivity contribution in [3.63, 3.8) is 0 Å². The van der Waals surface area contributed by atoms with Gasteiger partial charge in [-0.2, -0.15) is 0 Å². The molecular weight excluding hydrogens is 460 g/mol. The Morgan fingerprint density at radius 3 is 2.50 bits per heavy atom. The first-order valence-corrected chi connectivity index (χ1v) is 10.2. The van der Waals surface area contributed by atoms with Crippen LogP contribution < -0.4 is 15.0 Å². The van der Waals surface area contributed by atoms with E-state index in [0.29, 0.717) is 0 Å². The number of alkyl halides is 3. The van der Waals surface area contributed by atoms with E-state index in [-0.39, 0.29) is 42.6 Å². The molecule has 1 saturated heterocycles. The van der Waals surface area contributed by atoms with Gasteiger partial charge in [-0.05, 0) is 48.2 Å². The molecule has 1 fully saturated rings. The highest BCUT2D eigenvalue weighted by Crippen LogP contribution is 2.29. The highest BCUT2D eigenvalue weighted by atomic mass is 35.5. The van der Waals surface area contributed by atoms with E-state index >= 15 is 0 Å².